The van der Waals surface area contributed by atoms with Gasteiger partial charge in [-0.05, 0) is 80.9 Å². The Morgan fingerprint density at radius 1 is 0.973 bits per heavy atom. The molecule has 0 saturated carbocycles. The van der Waals surface area contributed by atoms with Crippen LogP contribution in [0.15, 0.2) is 54.1 Å². The SMILES string of the molecule is CCCCN(CCCC)CCCN1C(=O)C(=O)C(=C(O)c2ccc(Cl)cc2)[C@H]1c1ccc([N+](=O)[O-])cc1. The molecule has 2 aromatic carbocycles. The number of unbranched alkanes of at least 4 members (excludes halogenated alkanes) is 2. The molecule has 1 aliphatic heterocycles. The van der Waals surface area contributed by atoms with Crippen LogP contribution in [0.3, 0.4) is 0 Å². The summed E-state index contributed by atoms with van der Waals surface area (Å²) in [6.45, 7) is 7.38. The number of nitro groups is 1. The van der Waals surface area contributed by atoms with Crippen LogP contribution in [0.4, 0.5) is 5.69 Å². The molecule has 198 valence electrons. The highest BCUT2D eigenvalue weighted by Crippen LogP contribution is 2.40. The number of nitro benzene ring substituents is 1. The average molecular weight is 528 g/mol. The predicted octanol–water partition coefficient (Wildman–Crippen LogP) is 5.96. The van der Waals surface area contributed by atoms with Gasteiger partial charge in [-0.25, -0.2) is 0 Å². The molecule has 1 saturated heterocycles. The Bertz CT molecular complexity index is 1120. The van der Waals surface area contributed by atoms with Crippen molar-refractivity contribution in [1.29, 1.82) is 0 Å². The van der Waals surface area contributed by atoms with Crippen molar-refractivity contribution in [2.45, 2.75) is 52.0 Å². The van der Waals surface area contributed by atoms with E-state index in [1.165, 1.54) is 29.2 Å². The van der Waals surface area contributed by atoms with E-state index in [2.05, 4.69) is 18.7 Å². The number of aliphatic hydroxyl groups excluding tert-OH is 1. The number of carbonyl (C=O) groups excluding carboxylic acids is 2. The number of benzene rings is 2. The normalized spacial score (nSPS) is 17.1. The van der Waals surface area contributed by atoms with Crippen molar-refractivity contribution >= 4 is 34.7 Å². The largest absolute Gasteiger partial charge is 0.507 e. The highest BCUT2D eigenvalue weighted by atomic mass is 35.5. The standard InChI is InChI=1S/C28H34ClN3O5/c1-3-5-16-30(17-6-4-2)18-7-19-31-25(20-10-14-23(15-11-20)32(36)37)24(27(34)28(31)35)26(33)21-8-12-22(29)13-9-21/h8-15,25,33H,3-7,16-19H2,1-2H3/t25-/m1/s1. The van der Waals surface area contributed by atoms with Gasteiger partial charge in [0.2, 0.25) is 0 Å². The number of amides is 1. The summed E-state index contributed by atoms with van der Waals surface area (Å²) >= 11 is 5.98. The first-order valence-electron chi connectivity index (χ1n) is 12.8. The quantitative estimate of drug-likeness (QED) is 0.113. The van der Waals surface area contributed by atoms with Crippen LogP contribution < -0.4 is 0 Å². The Labute approximate surface area is 222 Å². The van der Waals surface area contributed by atoms with Crippen LogP contribution in [0.25, 0.3) is 5.76 Å². The lowest BCUT2D eigenvalue weighted by Crippen LogP contribution is -2.34. The molecule has 0 spiro atoms. The van der Waals surface area contributed by atoms with Gasteiger partial charge in [0.15, 0.2) is 0 Å². The lowest BCUT2D eigenvalue weighted by atomic mass is 9.95. The molecule has 1 heterocycles. The van der Waals surface area contributed by atoms with Crippen LogP contribution in [0.5, 0.6) is 0 Å². The number of aliphatic hydroxyl groups is 1. The summed E-state index contributed by atoms with van der Waals surface area (Å²) in [5.41, 5.74) is 0.754. The van der Waals surface area contributed by atoms with Gasteiger partial charge in [0.25, 0.3) is 17.4 Å². The maximum atomic E-state index is 13.2. The van der Waals surface area contributed by atoms with Gasteiger partial charge in [0.1, 0.15) is 5.76 Å². The van der Waals surface area contributed by atoms with Crippen LogP contribution in [0.1, 0.15) is 63.1 Å². The average Bonchev–Trinajstić information content (AvgIpc) is 3.15. The minimum atomic E-state index is -0.851. The number of carbonyl (C=O) groups is 2. The Morgan fingerprint density at radius 3 is 2.08 bits per heavy atom. The van der Waals surface area contributed by atoms with Crippen molar-refractivity contribution in [3.63, 3.8) is 0 Å². The molecule has 0 bridgehead atoms. The molecule has 0 radical (unpaired) electrons. The van der Waals surface area contributed by atoms with Gasteiger partial charge < -0.3 is 14.9 Å². The van der Waals surface area contributed by atoms with E-state index in [0.717, 1.165) is 45.3 Å². The summed E-state index contributed by atoms with van der Waals surface area (Å²) in [4.78, 5) is 40.9. The van der Waals surface area contributed by atoms with Crippen LogP contribution in [-0.4, -0.2) is 57.7 Å². The maximum Gasteiger partial charge on any atom is 0.295 e. The summed E-state index contributed by atoms with van der Waals surface area (Å²) in [6.07, 6.45) is 5.05. The molecule has 3 rings (SSSR count). The lowest BCUT2D eigenvalue weighted by molar-refractivity contribution is -0.384. The lowest BCUT2D eigenvalue weighted by Gasteiger charge is -2.27. The van der Waals surface area contributed by atoms with Gasteiger partial charge in [-0.3, -0.25) is 19.7 Å². The molecule has 1 atom stereocenters. The molecule has 2 aromatic rings. The van der Waals surface area contributed by atoms with Crippen molar-refractivity contribution in [2.75, 3.05) is 26.2 Å². The Balaban J connectivity index is 1.94. The van der Waals surface area contributed by atoms with E-state index in [0.29, 0.717) is 29.1 Å². The van der Waals surface area contributed by atoms with Crippen molar-refractivity contribution in [3.05, 3.63) is 80.4 Å². The van der Waals surface area contributed by atoms with E-state index < -0.39 is 22.7 Å². The third kappa shape index (κ3) is 6.96. The third-order valence-corrected chi connectivity index (χ3v) is 6.86. The summed E-state index contributed by atoms with van der Waals surface area (Å²) in [7, 11) is 0. The topological polar surface area (TPSA) is 104 Å². The number of hydrogen-bond acceptors (Lipinski definition) is 6. The van der Waals surface area contributed by atoms with Gasteiger partial charge in [0, 0.05) is 29.3 Å². The predicted molar refractivity (Wildman–Crippen MR) is 144 cm³/mol. The third-order valence-electron chi connectivity index (χ3n) is 6.61. The Kier molecular flexibility index (Phi) is 10.2. The van der Waals surface area contributed by atoms with E-state index in [4.69, 9.17) is 11.6 Å². The second-order valence-electron chi connectivity index (χ2n) is 9.25. The first kappa shape index (κ1) is 28.3. The summed E-state index contributed by atoms with van der Waals surface area (Å²) in [5, 5.41) is 22.8. The number of nitrogens with zero attached hydrogens (tertiary/aromatic N) is 3. The fourth-order valence-corrected chi connectivity index (χ4v) is 4.69. The molecular formula is C28H34ClN3O5. The minimum Gasteiger partial charge on any atom is -0.507 e. The van der Waals surface area contributed by atoms with Crippen molar-refractivity contribution in [1.82, 2.24) is 9.80 Å². The molecule has 1 N–H and O–H groups in total. The van der Waals surface area contributed by atoms with Gasteiger partial charge in [-0.15, -0.1) is 0 Å². The molecule has 0 aliphatic carbocycles. The summed E-state index contributed by atoms with van der Waals surface area (Å²) in [6, 6.07) is 11.2. The second-order valence-corrected chi connectivity index (χ2v) is 9.69. The van der Waals surface area contributed by atoms with Crippen LogP contribution >= 0.6 is 11.6 Å². The van der Waals surface area contributed by atoms with Crippen molar-refractivity contribution < 1.29 is 19.6 Å². The smallest absolute Gasteiger partial charge is 0.295 e. The fraction of sp³-hybridized carbons (Fsp3) is 0.429. The maximum absolute atomic E-state index is 13.2. The first-order chi connectivity index (χ1) is 17.8. The van der Waals surface area contributed by atoms with Gasteiger partial charge >= 0.3 is 0 Å². The zero-order valence-corrected chi connectivity index (χ0v) is 22.1. The van der Waals surface area contributed by atoms with Crippen LogP contribution in [0.2, 0.25) is 5.02 Å². The zero-order valence-electron chi connectivity index (χ0n) is 21.4. The molecule has 1 fully saturated rings. The van der Waals surface area contributed by atoms with E-state index in [9.17, 15) is 24.8 Å². The fourth-order valence-electron chi connectivity index (χ4n) is 4.56. The number of hydrogen-bond donors (Lipinski definition) is 1. The number of likely N-dealkylation sites (tertiary alicyclic amines) is 1. The number of rotatable bonds is 13. The zero-order chi connectivity index (χ0) is 26.9. The Morgan fingerprint density at radius 2 is 1.54 bits per heavy atom. The highest BCUT2D eigenvalue weighted by Gasteiger charge is 2.45. The molecule has 8 nitrogen and oxygen atoms in total. The summed E-state index contributed by atoms with van der Waals surface area (Å²) in [5.74, 6) is -1.76. The number of ketones is 1. The molecule has 0 aromatic heterocycles. The van der Waals surface area contributed by atoms with Crippen LogP contribution in [-0.2, 0) is 9.59 Å². The highest BCUT2D eigenvalue weighted by molar-refractivity contribution is 6.46. The van der Waals surface area contributed by atoms with E-state index in [-0.39, 0.29) is 17.0 Å². The Hall–Kier alpha value is -3.23. The van der Waals surface area contributed by atoms with Gasteiger partial charge in [-0.2, -0.15) is 0 Å². The monoisotopic (exact) mass is 527 g/mol. The van der Waals surface area contributed by atoms with Crippen LogP contribution in [0, 0.1) is 10.1 Å². The minimum absolute atomic E-state index is 0.0324. The first-order valence-corrected chi connectivity index (χ1v) is 13.2. The number of non-ortho nitro benzene ring substituents is 1. The molecular weight excluding hydrogens is 494 g/mol. The molecule has 1 amide bonds. The number of Topliss-reactive ketones (excluding diaryl/α,β-unsaturated/α-hetero) is 1. The van der Waals surface area contributed by atoms with Gasteiger partial charge in [-0.1, -0.05) is 38.3 Å². The molecule has 37 heavy (non-hydrogen) atoms. The summed E-state index contributed by atoms with van der Waals surface area (Å²) < 4.78 is 0. The molecule has 0 unspecified atom stereocenters. The van der Waals surface area contributed by atoms with Crippen molar-refractivity contribution in [3.8, 4) is 0 Å². The second kappa shape index (κ2) is 13.4. The molecule has 9 heteroatoms. The van der Waals surface area contributed by atoms with E-state index in [1.807, 2.05) is 0 Å². The molecule has 1 aliphatic rings. The van der Waals surface area contributed by atoms with Gasteiger partial charge in [0.05, 0.1) is 16.5 Å². The van der Waals surface area contributed by atoms with E-state index in [1.54, 1.807) is 24.3 Å². The van der Waals surface area contributed by atoms with E-state index >= 15 is 0 Å². The van der Waals surface area contributed by atoms with Crippen molar-refractivity contribution in [2.24, 2.45) is 0 Å². The number of halogens is 1.